The SMILES string of the molecule is CCC1(NCc2cc(OC)c(OC)cc2Br)CCC1. The van der Waals surface area contributed by atoms with Crippen molar-refractivity contribution in [1.82, 2.24) is 5.32 Å². The van der Waals surface area contributed by atoms with Crippen LogP contribution >= 0.6 is 15.9 Å². The summed E-state index contributed by atoms with van der Waals surface area (Å²) in [4.78, 5) is 0. The van der Waals surface area contributed by atoms with Gasteiger partial charge < -0.3 is 14.8 Å². The molecule has 1 saturated carbocycles. The first-order valence-corrected chi connectivity index (χ1v) is 7.59. The maximum absolute atomic E-state index is 5.36. The molecule has 0 aromatic heterocycles. The Hall–Kier alpha value is -0.740. The second-order valence-corrected chi connectivity index (χ2v) is 5.99. The van der Waals surface area contributed by atoms with Crippen molar-refractivity contribution in [3.8, 4) is 11.5 Å². The van der Waals surface area contributed by atoms with Gasteiger partial charge in [-0.05, 0) is 43.4 Å². The van der Waals surface area contributed by atoms with Gasteiger partial charge in [0.25, 0.3) is 0 Å². The molecular formula is C15H22BrNO2. The van der Waals surface area contributed by atoms with Gasteiger partial charge >= 0.3 is 0 Å². The third-order valence-electron chi connectivity index (χ3n) is 4.19. The van der Waals surface area contributed by atoms with Crippen LogP contribution in [0.4, 0.5) is 0 Å². The van der Waals surface area contributed by atoms with Crippen LogP contribution in [0.2, 0.25) is 0 Å². The number of ether oxygens (including phenoxy) is 2. The van der Waals surface area contributed by atoms with Crippen LogP contribution in [0, 0.1) is 0 Å². The van der Waals surface area contributed by atoms with Crippen LogP contribution < -0.4 is 14.8 Å². The molecule has 0 amide bonds. The first-order valence-electron chi connectivity index (χ1n) is 6.79. The molecule has 1 aromatic carbocycles. The highest BCUT2D eigenvalue weighted by molar-refractivity contribution is 9.10. The van der Waals surface area contributed by atoms with Gasteiger partial charge in [0.2, 0.25) is 0 Å². The molecule has 0 heterocycles. The summed E-state index contributed by atoms with van der Waals surface area (Å²) in [6.07, 6.45) is 5.11. The number of benzene rings is 1. The summed E-state index contributed by atoms with van der Waals surface area (Å²) >= 11 is 3.61. The van der Waals surface area contributed by atoms with Gasteiger partial charge in [0.1, 0.15) is 0 Å². The van der Waals surface area contributed by atoms with E-state index >= 15 is 0 Å². The van der Waals surface area contributed by atoms with Crippen LogP contribution in [-0.2, 0) is 6.54 Å². The molecule has 0 aliphatic heterocycles. The normalized spacial score (nSPS) is 16.8. The quantitative estimate of drug-likeness (QED) is 0.859. The predicted molar refractivity (Wildman–Crippen MR) is 81.0 cm³/mol. The molecule has 0 radical (unpaired) electrons. The number of hydrogen-bond acceptors (Lipinski definition) is 3. The van der Waals surface area contributed by atoms with Crippen molar-refractivity contribution in [3.05, 3.63) is 22.2 Å². The van der Waals surface area contributed by atoms with Crippen LogP contribution in [0.1, 0.15) is 38.2 Å². The molecule has 2 rings (SSSR count). The van der Waals surface area contributed by atoms with E-state index in [0.29, 0.717) is 5.54 Å². The Morgan fingerprint density at radius 3 is 2.32 bits per heavy atom. The summed E-state index contributed by atoms with van der Waals surface area (Å²) in [7, 11) is 3.32. The van der Waals surface area contributed by atoms with Crippen molar-refractivity contribution in [2.24, 2.45) is 0 Å². The molecule has 4 heteroatoms. The number of rotatable bonds is 6. The summed E-state index contributed by atoms with van der Waals surface area (Å²) in [5, 5.41) is 3.70. The van der Waals surface area contributed by atoms with E-state index in [1.807, 2.05) is 12.1 Å². The Morgan fingerprint density at radius 2 is 1.84 bits per heavy atom. The first-order chi connectivity index (χ1) is 9.14. The highest BCUT2D eigenvalue weighted by atomic mass is 79.9. The minimum atomic E-state index is 0.354. The van der Waals surface area contributed by atoms with Gasteiger partial charge in [-0.25, -0.2) is 0 Å². The number of nitrogens with one attached hydrogen (secondary N) is 1. The van der Waals surface area contributed by atoms with Gasteiger partial charge in [0.05, 0.1) is 14.2 Å². The van der Waals surface area contributed by atoms with E-state index < -0.39 is 0 Å². The number of halogens is 1. The molecular weight excluding hydrogens is 306 g/mol. The maximum atomic E-state index is 5.36. The summed E-state index contributed by atoms with van der Waals surface area (Å²) < 4.78 is 11.7. The van der Waals surface area contributed by atoms with E-state index in [4.69, 9.17) is 9.47 Å². The average Bonchev–Trinajstić information content (AvgIpc) is 2.39. The Kier molecular flexibility index (Phi) is 4.74. The first kappa shape index (κ1) is 14.7. The van der Waals surface area contributed by atoms with E-state index in [2.05, 4.69) is 28.2 Å². The molecule has 1 aromatic rings. The second-order valence-electron chi connectivity index (χ2n) is 5.14. The van der Waals surface area contributed by atoms with Gasteiger partial charge in [-0.1, -0.05) is 22.9 Å². The van der Waals surface area contributed by atoms with E-state index in [-0.39, 0.29) is 0 Å². The van der Waals surface area contributed by atoms with E-state index in [9.17, 15) is 0 Å². The Bertz CT molecular complexity index is 439. The zero-order valence-corrected chi connectivity index (χ0v) is 13.5. The van der Waals surface area contributed by atoms with Crippen molar-refractivity contribution >= 4 is 15.9 Å². The summed E-state index contributed by atoms with van der Waals surface area (Å²) in [5.41, 5.74) is 1.56. The summed E-state index contributed by atoms with van der Waals surface area (Å²) in [5.74, 6) is 1.54. The standard InChI is InChI=1S/C15H22BrNO2/c1-4-15(6-5-7-15)17-10-11-8-13(18-2)14(19-3)9-12(11)16/h8-9,17H,4-7,10H2,1-3H3. The fourth-order valence-corrected chi connectivity index (χ4v) is 3.04. The summed E-state index contributed by atoms with van der Waals surface area (Å²) in [6.45, 7) is 3.12. The highest BCUT2D eigenvalue weighted by Gasteiger charge is 2.34. The van der Waals surface area contributed by atoms with Gasteiger partial charge in [-0.3, -0.25) is 0 Å². The van der Waals surface area contributed by atoms with Crippen LogP contribution in [0.5, 0.6) is 11.5 Å². The largest absolute Gasteiger partial charge is 0.493 e. The summed E-state index contributed by atoms with van der Waals surface area (Å²) in [6, 6.07) is 4.01. The van der Waals surface area contributed by atoms with E-state index in [0.717, 1.165) is 22.5 Å². The molecule has 106 valence electrons. The minimum absolute atomic E-state index is 0.354. The van der Waals surface area contributed by atoms with Crippen LogP contribution in [0.3, 0.4) is 0 Å². The average molecular weight is 328 g/mol. The zero-order chi connectivity index (χ0) is 13.9. The molecule has 19 heavy (non-hydrogen) atoms. The third-order valence-corrected chi connectivity index (χ3v) is 4.93. The van der Waals surface area contributed by atoms with Crippen LogP contribution in [0.15, 0.2) is 16.6 Å². The molecule has 3 nitrogen and oxygen atoms in total. The van der Waals surface area contributed by atoms with E-state index in [1.54, 1.807) is 14.2 Å². The number of methoxy groups -OCH3 is 2. The van der Waals surface area contributed by atoms with Gasteiger partial charge in [0.15, 0.2) is 11.5 Å². The monoisotopic (exact) mass is 327 g/mol. The molecule has 1 N–H and O–H groups in total. The molecule has 0 unspecified atom stereocenters. The van der Waals surface area contributed by atoms with Crippen LogP contribution in [0.25, 0.3) is 0 Å². The topological polar surface area (TPSA) is 30.5 Å². The third kappa shape index (κ3) is 3.06. The lowest BCUT2D eigenvalue weighted by molar-refractivity contribution is 0.175. The molecule has 1 fully saturated rings. The van der Waals surface area contributed by atoms with Gasteiger partial charge in [0, 0.05) is 16.6 Å². The fraction of sp³-hybridized carbons (Fsp3) is 0.600. The van der Waals surface area contributed by atoms with Crippen molar-refractivity contribution in [2.45, 2.75) is 44.7 Å². The second kappa shape index (κ2) is 6.14. The maximum Gasteiger partial charge on any atom is 0.161 e. The van der Waals surface area contributed by atoms with Gasteiger partial charge in [-0.2, -0.15) is 0 Å². The fourth-order valence-electron chi connectivity index (χ4n) is 2.57. The van der Waals surface area contributed by atoms with Crippen molar-refractivity contribution < 1.29 is 9.47 Å². The minimum Gasteiger partial charge on any atom is -0.493 e. The lowest BCUT2D eigenvalue weighted by Crippen LogP contribution is -2.49. The Balaban J connectivity index is 2.11. The van der Waals surface area contributed by atoms with Crippen molar-refractivity contribution in [2.75, 3.05) is 14.2 Å². The molecule has 0 bridgehead atoms. The lowest BCUT2D eigenvalue weighted by atomic mass is 9.75. The van der Waals surface area contributed by atoms with Crippen molar-refractivity contribution in [3.63, 3.8) is 0 Å². The number of hydrogen-bond donors (Lipinski definition) is 1. The van der Waals surface area contributed by atoms with Crippen molar-refractivity contribution in [1.29, 1.82) is 0 Å². The molecule has 1 aliphatic carbocycles. The highest BCUT2D eigenvalue weighted by Crippen LogP contribution is 2.37. The van der Waals surface area contributed by atoms with E-state index in [1.165, 1.54) is 31.2 Å². The smallest absolute Gasteiger partial charge is 0.161 e. The molecule has 1 aliphatic rings. The zero-order valence-electron chi connectivity index (χ0n) is 11.9. The molecule has 0 spiro atoms. The lowest BCUT2D eigenvalue weighted by Gasteiger charge is -2.42. The van der Waals surface area contributed by atoms with Gasteiger partial charge in [-0.15, -0.1) is 0 Å². The van der Waals surface area contributed by atoms with Crippen LogP contribution in [-0.4, -0.2) is 19.8 Å². The Labute approximate surface area is 123 Å². The molecule has 0 saturated heterocycles. The molecule has 0 atom stereocenters. The predicted octanol–water partition coefficient (Wildman–Crippen LogP) is 3.89. The Morgan fingerprint density at radius 1 is 1.21 bits per heavy atom.